The molecule has 0 saturated heterocycles. The quantitative estimate of drug-likeness (QED) is 0.577. The standard InChI is InChI=1S/C10H12N2O3/c1-2-5-12-7-11-6-8(12)3-4-9(13)10(14)15/h3-4,6-7H,2,5H2,1H3,(H,14,15)/b4-3+. The fourth-order valence-electron chi connectivity index (χ4n) is 1.13. The van der Waals surface area contributed by atoms with E-state index >= 15 is 0 Å². The zero-order chi connectivity index (χ0) is 11.3. The number of ketones is 1. The number of hydrogen-bond donors (Lipinski definition) is 1. The molecule has 1 heterocycles. The fraction of sp³-hybridized carbons (Fsp3) is 0.300. The van der Waals surface area contributed by atoms with Gasteiger partial charge in [-0.3, -0.25) is 4.79 Å². The predicted octanol–water partition coefficient (Wildman–Crippen LogP) is 0.960. The SMILES string of the molecule is CCCn1cncc1/C=C/C(=O)C(=O)O. The lowest BCUT2D eigenvalue weighted by Gasteiger charge is -2.00. The molecule has 1 aromatic rings. The summed E-state index contributed by atoms with van der Waals surface area (Å²) in [5, 5.41) is 8.36. The van der Waals surface area contributed by atoms with Crippen LogP contribution in [-0.2, 0) is 16.1 Å². The molecule has 0 bridgehead atoms. The van der Waals surface area contributed by atoms with Crippen LogP contribution in [-0.4, -0.2) is 26.4 Å². The molecular formula is C10H12N2O3. The van der Waals surface area contributed by atoms with Crippen LogP contribution in [0, 0.1) is 0 Å². The molecule has 1 rings (SSSR count). The Kier molecular flexibility index (Phi) is 3.79. The minimum absolute atomic E-state index is 0.728. The molecule has 5 heteroatoms. The molecule has 0 spiro atoms. The van der Waals surface area contributed by atoms with Crippen LogP contribution >= 0.6 is 0 Å². The average molecular weight is 208 g/mol. The molecule has 0 aromatic carbocycles. The third-order valence-electron chi connectivity index (χ3n) is 1.83. The van der Waals surface area contributed by atoms with Gasteiger partial charge in [-0.25, -0.2) is 9.78 Å². The molecule has 0 unspecified atom stereocenters. The number of aryl methyl sites for hydroxylation is 1. The first kappa shape index (κ1) is 11.2. The van der Waals surface area contributed by atoms with E-state index in [0.29, 0.717) is 0 Å². The molecule has 0 amide bonds. The molecule has 0 radical (unpaired) electrons. The molecular weight excluding hydrogens is 196 g/mol. The van der Waals surface area contributed by atoms with Crippen molar-refractivity contribution in [2.24, 2.45) is 0 Å². The smallest absolute Gasteiger partial charge is 0.376 e. The maximum atomic E-state index is 10.8. The van der Waals surface area contributed by atoms with Crippen LogP contribution in [0.25, 0.3) is 6.08 Å². The highest BCUT2D eigenvalue weighted by atomic mass is 16.4. The van der Waals surface area contributed by atoms with Gasteiger partial charge < -0.3 is 9.67 Å². The van der Waals surface area contributed by atoms with E-state index in [1.165, 1.54) is 6.08 Å². The fourth-order valence-corrected chi connectivity index (χ4v) is 1.13. The second kappa shape index (κ2) is 5.09. The van der Waals surface area contributed by atoms with Crippen LogP contribution in [0.4, 0.5) is 0 Å². The second-order valence-corrected chi connectivity index (χ2v) is 3.01. The van der Waals surface area contributed by atoms with Crippen molar-refractivity contribution in [3.63, 3.8) is 0 Å². The highest BCUT2D eigenvalue weighted by Gasteiger charge is 2.06. The predicted molar refractivity (Wildman–Crippen MR) is 54.2 cm³/mol. The van der Waals surface area contributed by atoms with Crippen molar-refractivity contribution in [2.45, 2.75) is 19.9 Å². The molecule has 15 heavy (non-hydrogen) atoms. The third kappa shape index (κ3) is 3.05. The Hall–Kier alpha value is -1.91. The summed E-state index contributed by atoms with van der Waals surface area (Å²) in [7, 11) is 0. The first-order valence-corrected chi connectivity index (χ1v) is 4.60. The number of hydrogen-bond acceptors (Lipinski definition) is 3. The summed E-state index contributed by atoms with van der Waals surface area (Å²) in [5.74, 6) is -2.38. The molecule has 0 atom stereocenters. The van der Waals surface area contributed by atoms with E-state index in [1.54, 1.807) is 12.5 Å². The Morgan fingerprint density at radius 3 is 2.93 bits per heavy atom. The van der Waals surface area contributed by atoms with Crippen LogP contribution in [0.2, 0.25) is 0 Å². The van der Waals surface area contributed by atoms with Gasteiger partial charge in [0.05, 0.1) is 18.2 Å². The monoisotopic (exact) mass is 208 g/mol. The van der Waals surface area contributed by atoms with Gasteiger partial charge in [0, 0.05) is 6.54 Å². The number of nitrogens with zero attached hydrogens (tertiary/aromatic N) is 2. The number of rotatable bonds is 5. The third-order valence-corrected chi connectivity index (χ3v) is 1.83. The Balaban J connectivity index is 2.75. The average Bonchev–Trinajstić information content (AvgIpc) is 2.62. The second-order valence-electron chi connectivity index (χ2n) is 3.01. The molecule has 0 aliphatic rings. The molecule has 5 nitrogen and oxygen atoms in total. The summed E-state index contributed by atoms with van der Waals surface area (Å²) in [6, 6.07) is 0. The number of carbonyl (C=O) groups excluding carboxylic acids is 1. The topological polar surface area (TPSA) is 72.2 Å². The largest absolute Gasteiger partial charge is 0.475 e. The maximum absolute atomic E-state index is 10.8. The lowest BCUT2D eigenvalue weighted by molar-refractivity contribution is -0.146. The van der Waals surface area contributed by atoms with E-state index in [-0.39, 0.29) is 0 Å². The summed E-state index contributed by atoms with van der Waals surface area (Å²) >= 11 is 0. The van der Waals surface area contributed by atoms with Gasteiger partial charge in [-0.1, -0.05) is 6.92 Å². The van der Waals surface area contributed by atoms with Crippen molar-refractivity contribution in [2.75, 3.05) is 0 Å². The van der Waals surface area contributed by atoms with Crippen molar-refractivity contribution in [3.8, 4) is 0 Å². The van der Waals surface area contributed by atoms with Gasteiger partial charge in [0.1, 0.15) is 0 Å². The first-order chi connectivity index (χ1) is 7.15. The van der Waals surface area contributed by atoms with Gasteiger partial charge in [0.25, 0.3) is 5.78 Å². The Morgan fingerprint density at radius 2 is 2.33 bits per heavy atom. The van der Waals surface area contributed by atoms with Crippen molar-refractivity contribution in [1.29, 1.82) is 0 Å². The lowest BCUT2D eigenvalue weighted by Crippen LogP contribution is -2.08. The molecule has 0 aliphatic heterocycles. The zero-order valence-corrected chi connectivity index (χ0v) is 8.38. The molecule has 1 N–H and O–H groups in total. The van der Waals surface area contributed by atoms with E-state index in [0.717, 1.165) is 24.7 Å². The first-order valence-electron chi connectivity index (χ1n) is 4.60. The minimum Gasteiger partial charge on any atom is -0.475 e. The van der Waals surface area contributed by atoms with Crippen LogP contribution in [0.15, 0.2) is 18.6 Å². The molecule has 80 valence electrons. The lowest BCUT2D eigenvalue weighted by atomic mass is 10.3. The highest BCUT2D eigenvalue weighted by molar-refractivity contribution is 6.38. The summed E-state index contributed by atoms with van der Waals surface area (Å²) in [6.07, 6.45) is 6.67. The number of aliphatic carboxylic acids is 1. The summed E-state index contributed by atoms with van der Waals surface area (Å²) < 4.78 is 1.85. The molecule has 0 saturated carbocycles. The molecule has 0 aliphatic carbocycles. The minimum atomic E-state index is -1.45. The van der Waals surface area contributed by atoms with Crippen LogP contribution in [0.1, 0.15) is 19.0 Å². The Bertz CT molecular complexity index is 393. The van der Waals surface area contributed by atoms with Crippen molar-refractivity contribution >= 4 is 17.8 Å². The van der Waals surface area contributed by atoms with Gasteiger partial charge >= 0.3 is 5.97 Å². The van der Waals surface area contributed by atoms with Crippen LogP contribution in [0.3, 0.4) is 0 Å². The van der Waals surface area contributed by atoms with Gasteiger partial charge in [-0.05, 0) is 18.6 Å². The summed E-state index contributed by atoms with van der Waals surface area (Å²) in [6.45, 7) is 2.82. The number of aromatic nitrogens is 2. The van der Waals surface area contributed by atoms with E-state index in [4.69, 9.17) is 5.11 Å². The van der Waals surface area contributed by atoms with Gasteiger partial charge in [0.15, 0.2) is 0 Å². The molecule has 1 aromatic heterocycles. The van der Waals surface area contributed by atoms with E-state index in [1.807, 2.05) is 11.5 Å². The van der Waals surface area contributed by atoms with Crippen LogP contribution in [0.5, 0.6) is 0 Å². The van der Waals surface area contributed by atoms with Gasteiger partial charge in [-0.2, -0.15) is 0 Å². The van der Waals surface area contributed by atoms with Crippen LogP contribution < -0.4 is 0 Å². The zero-order valence-electron chi connectivity index (χ0n) is 8.38. The van der Waals surface area contributed by atoms with Crippen molar-refractivity contribution < 1.29 is 14.7 Å². The summed E-state index contributed by atoms with van der Waals surface area (Å²) in [5.41, 5.74) is 0.728. The summed E-state index contributed by atoms with van der Waals surface area (Å²) in [4.78, 5) is 25.0. The molecule has 0 fully saturated rings. The van der Waals surface area contributed by atoms with E-state index in [9.17, 15) is 9.59 Å². The number of carbonyl (C=O) groups is 2. The van der Waals surface area contributed by atoms with Gasteiger partial charge in [0.2, 0.25) is 0 Å². The Labute approximate surface area is 87.1 Å². The van der Waals surface area contributed by atoms with Gasteiger partial charge in [-0.15, -0.1) is 0 Å². The normalized spacial score (nSPS) is 10.7. The maximum Gasteiger partial charge on any atom is 0.376 e. The number of imidazole rings is 1. The highest BCUT2D eigenvalue weighted by Crippen LogP contribution is 2.03. The number of carboxylic acid groups (broad SMARTS) is 1. The Morgan fingerprint density at radius 1 is 1.60 bits per heavy atom. The number of carboxylic acids is 1. The van der Waals surface area contributed by atoms with Crippen molar-refractivity contribution in [1.82, 2.24) is 9.55 Å². The van der Waals surface area contributed by atoms with E-state index in [2.05, 4.69) is 4.98 Å². The van der Waals surface area contributed by atoms with Crippen molar-refractivity contribution in [3.05, 3.63) is 24.3 Å². The van der Waals surface area contributed by atoms with E-state index < -0.39 is 11.8 Å².